The number of benzene rings is 1. The number of hydrogen-bond acceptors (Lipinski definition) is 3. The first kappa shape index (κ1) is 16.0. The van der Waals surface area contributed by atoms with E-state index in [1.165, 1.54) is 4.31 Å². The molecule has 0 bridgehead atoms. The molecule has 0 aliphatic carbocycles. The summed E-state index contributed by atoms with van der Waals surface area (Å²) < 4.78 is 27.9. The Bertz CT molecular complexity index is 645. The van der Waals surface area contributed by atoms with Crippen LogP contribution >= 0.6 is 39.1 Å². The lowest BCUT2D eigenvalue weighted by molar-refractivity contribution is 0.158. The second kappa shape index (κ2) is 5.98. The van der Waals surface area contributed by atoms with Gasteiger partial charge in [-0.15, -0.1) is 0 Å². The van der Waals surface area contributed by atoms with Gasteiger partial charge in [0.2, 0.25) is 10.0 Å². The molecule has 1 unspecified atom stereocenters. The van der Waals surface area contributed by atoms with Gasteiger partial charge in [-0.1, -0.05) is 39.1 Å². The first-order valence-electron chi connectivity index (χ1n) is 6.78. The van der Waals surface area contributed by atoms with Gasteiger partial charge in [0.05, 0.1) is 10.0 Å². The van der Waals surface area contributed by atoms with Gasteiger partial charge in [0.15, 0.2) is 0 Å². The Morgan fingerprint density at radius 1 is 1.14 bits per heavy atom. The summed E-state index contributed by atoms with van der Waals surface area (Å²) in [6.07, 6.45) is 2.19. The van der Waals surface area contributed by atoms with Gasteiger partial charge >= 0.3 is 0 Å². The molecule has 2 aliphatic heterocycles. The first-order chi connectivity index (χ1) is 9.89. The van der Waals surface area contributed by atoms with E-state index in [0.717, 1.165) is 25.9 Å². The summed E-state index contributed by atoms with van der Waals surface area (Å²) in [6, 6.07) is 3.44. The Morgan fingerprint density at radius 3 is 2.48 bits per heavy atom. The second-order valence-electron chi connectivity index (χ2n) is 5.39. The van der Waals surface area contributed by atoms with Crippen molar-refractivity contribution in [1.82, 2.24) is 9.21 Å². The molecule has 21 heavy (non-hydrogen) atoms. The maximum Gasteiger partial charge on any atom is 0.246 e. The Hall–Kier alpha value is 0.150. The number of sulfonamides is 1. The molecule has 2 heterocycles. The van der Waals surface area contributed by atoms with E-state index in [-0.39, 0.29) is 14.9 Å². The Labute approximate surface area is 143 Å². The number of nitrogens with zero attached hydrogens (tertiary/aromatic N) is 2. The maximum absolute atomic E-state index is 12.9. The molecule has 2 fully saturated rings. The third kappa shape index (κ3) is 2.99. The molecule has 8 heteroatoms. The van der Waals surface area contributed by atoms with Crippen molar-refractivity contribution in [3.05, 3.63) is 26.7 Å². The molecule has 2 saturated heterocycles. The van der Waals surface area contributed by atoms with Crippen molar-refractivity contribution in [3.63, 3.8) is 0 Å². The van der Waals surface area contributed by atoms with Crippen molar-refractivity contribution in [3.8, 4) is 0 Å². The zero-order valence-electron chi connectivity index (χ0n) is 11.2. The molecule has 116 valence electrons. The van der Waals surface area contributed by atoms with Crippen LogP contribution in [-0.2, 0) is 10.0 Å². The van der Waals surface area contributed by atoms with E-state index in [1.807, 2.05) is 0 Å². The fourth-order valence-corrected chi connectivity index (χ4v) is 6.44. The number of rotatable bonds is 2. The zero-order chi connectivity index (χ0) is 15.2. The summed E-state index contributed by atoms with van der Waals surface area (Å²) in [5.74, 6) is 0. The number of piperazine rings is 1. The van der Waals surface area contributed by atoms with Gasteiger partial charge < -0.3 is 0 Å². The molecule has 0 aromatic heterocycles. The van der Waals surface area contributed by atoms with E-state index in [0.29, 0.717) is 23.6 Å². The van der Waals surface area contributed by atoms with Crippen molar-refractivity contribution < 1.29 is 8.42 Å². The van der Waals surface area contributed by atoms with Gasteiger partial charge in [-0.05, 0) is 31.5 Å². The highest BCUT2D eigenvalue weighted by Gasteiger charge is 2.37. The van der Waals surface area contributed by atoms with E-state index in [4.69, 9.17) is 23.2 Å². The topological polar surface area (TPSA) is 40.6 Å². The van der Waals surface area contributed by atoms with Crippen LogP contribution in [0.3, 0.4) is 0 Å². The average Bonchev–Trinajstić information content (AvgIpc) is 2.83. The van der Waals surface area contributed by atoms with Crippen molar-refractivity contribution in [2.75, 3.05) is 26.2 Å². The minimum Gasteiger partial charge on any atom is -0.298 e. The van der Waals surface area contributed by atoms with Crippen LogP contribution in [0.2, 0.25) is 10.0 Å². The molecule has 2 aliphatic rings. The standard InChI is InChI=1S/C13H15BrCl2N2O2S/c14-9-6-11(15)13(12(16)7-9)21(19,20)18-5-4-17-3-1-2-10(17)8-18/h6-7,10H,1-5,8H2. The minimum atomic E-state index is -3.66. The smallest absolute Gasteiger partial charge is 0.246 e. The van der Waals surface area contributed by atoms with Gasteiger partial charge in [0, 0.05) is 30.1 Å². The highest BCUT2D eigenvalue weighted by molar-refractivity contribution is 9.10. The molecule has 4 nitrogen and oxygen atoms in total. The minimum absolute atomic E-state index is 0.0143. The molecule has 0 spiro atoms. The Kier molecular flexibility index (Phi) is 4.56. The van der Waals surface area contributed by atoms with Crippen molar-refractivity contribution in [2.45, 2.75) is 23.8 Å². The molecule has 1 aromatic rings. The third-order valence-electron chi connectivity index (χ3n) is 4.11. The summed E-state index contributed by atoms with van der Waals surface area (Å²) in [7, 11) is -3.66. The zero-order valence-corrected chi connectivity index (χ0v) is 15.1. The van der Waals surface area contributed by atoms with Crippen molar-refractivity contribution >= 4 is 49.2 Å². The van der Waals surface area contributed by atoms with Crippen LogP contribution in [0, 0.1) is 0 Å². The van der Waals surface area contributed by atoms with Crippen LogP contribution < -0.4 is 0 Å². The van der Waals surface area contributed by atoms with E-state index in [1.54, 1.807) is 12.1 Å². The van der Waals surface area contributed by atoms with Gasteiger partial charge in [0.25, 0.3) is 0 Å². The van der Waals surface area contributed by atoms with Gasteiger partial charge in [0.1, 0.15) is 4.90 Å². The lowest BCUT2D eigenvalue weighted by Gasteiger charge is -2.36. The number of fused-ring (bicyclic) bond motifs is 1. The predicted octanol–water partition coefficient (Wildman–Crippen LogP) is 3.22. The van der Waals surface area contributed by atoms with Crippen molar-refractivity contribution in [2.24, 2.45) is 0 Å². The Balaban J connectivity index is 1.94. The summed E-state index contributed by atoms with van der Waals surface area (Å²) in [4.78, 5) is 2.37. The molecule has 1 atom stereocenters. The molecular formula is C13H15BrCl2N2O2S. The van der Waals surface area contributed by atoms with Gasteiger partial charge in [-0.3, -0.25) is 4.90 Å². The second-order valence-corrected chi connectivity index (χ2v) is 9.00. The molecule has 1 aromatic carbocycles. The fourth-order valence-electron chi connectivity index (χ4n) is 3.09. The van der Waals surface area contributed by atoms with Gasteiger partial charge in [-0.25, -0.2) is 8.42 Å². The van der Waals surface area contributed by atoms with E-state index >= 15 is 0 Å². The molecule has 0 N–H and O–H groups in total. The number of halogens is 3. The van der Waals surface area contributed by atoms with Crippen LogP contribution in [-0.4, -0.2) is 49.8 Å². The quantitative estimate of drug-likeness (QED) is 0.747. The predicted molar refractivity (Wildman–Crippen MR) is 87.5 cm³/mol. The summed E-state index contributed by atoms with van der Waals surface area (Å²) in [5, 5.41) is 0.312. The molecule has 3 rings (SSSR count). The molecule has 0 saturated carbocycles. The van der Waals surface area contributed by atoms with E-state index in [9.17, 15) is 8.42 Å². The summed E-state index contributed by atoms with van der Waals surface area (Å²) in [6.45, 7) is 2.85. The maximum atomic E-state index is 12.9. The summed E-state index contributed by atoms with van der Waals surface area (Å²) in [5.41, 5.74) is 0. The van der Waals surface area contributed by atoms with Crippen LogP contribution in [0.4, 0.5) is 0 Å². The highest BCUT2D eigenvalue weighted by Crippen LogP contribution is 2.36. The highest BCUT2D eigenvalue weighted by atomic mass is 79.9. The lowest BCUT2D eigenvalue weighted by atomic mass is 10.2. The molecular weight excluding hydrogens is 399 g/mol. The third-order valence-corrected chi connectivity index (χ3v) is 7.36. The largest absolute Gasteiger partial charge is 0.298 e. The number of hydrogen-bond donors (Lipinski definition) is 0. The fraction of sp³-hybridized carbons (Fsp3) is 0.538. The lowest BCUT2D eigenvalue weighted by Crippen LogP contribution is -2.51. The van der Waals surface area contributed by atoms with Crippen LogP contribution in [0.5, 0.6) is 0 Å². The van der Waals surface area contributed by atoms with Crippen LogP contribution in [0.25, 0.3) is 0 Å². The molecule has 0 amide bonds. The normalized spacial score (nSPS) is 24.2. The monoisotopic (exact) mass is 412 g/mol. The molecule has 0 radical (unpaired) electrons. The van der Waals surface area contributed by atoms with Crippen LogP contribution in [0.15, 0.2) is 21.5 Å². The average molecular weight is 414 g/mol. The van der Waals surface area contributed by atoms with Crippen LogP contribution in [0.1, 0.15) is 12.8 Å². The first-order valence-corrected chi connectivity index (χ1v) is 9.77. The van der Waals surface area contributed by atoms with E-state index < -0.39 is 10.0 Å². The van der Waals surface area contributed by atoms with Crippen molar-refractivity contribution in [1.29, 1.82) is 0 Å². The van der Waals surface area contributed by atoms with Gasteiger partial charge in [-0.2, -0.15) is 4.31 Å². The Morgan fingerprint density at radius 2 is 1.81 bits per heavy atom. The SMILES string of the molecule is O=S(=O)(c1c(Cl)cc(Br)cc1Cl)N1CCN2CCCC2C1. The van der Waals surface area contributed by atoms with E-state index in [2.05, 4.69) is 20.8 Å². The summed E-state index contributed by atoms with van der Waals surface area (Å²) >= 11 is 15.5.